The number of benzene rings is 1. The number of aromatic hydroxyl groups is 2. The molecule has 0 fully saturated rings. The van der Waals surface area contributed by atoms with E-state index in [0.717, 1.165) is 6.07 Å². The van der Waals surface area contributed by atoms with Gasteiger partial charge in [0.15, 0.2) is 11.5 Å². The Morgan fingerprint density at radius 2 is 2.08 bits per heavy atom. The van der Waals surface area contributed by atoms with Crippen LogP contribution in [0.15, 0.2) is 12.1 Å². The maximum absolute atomic E-state index is 12.8. The van der Waals surface area contributed by atoms with E-state index in [1.807, 2.05) is 0 Å². The molecule has 0 radical (unpaired) electrons. The Hall–Kier alpha value is -1.58. The molecule has 0 saturated carbocycles. The Bertz CT molecular complexity index is 323. The average Bonchev–Trinajstić information content (AvgIpc) is 2.13. The minimum Gasteiger partial charge on any atom is -0.505 e. The lowest BCUT2D eigenvalue weighted by Crippen LogP contribution is -1.89. The second-order valence-electron chi connectivity index (χ2n) is 2.61. The van der Waals surface area contributed by atoms with Crippen molar-refractivity contribution in [3.8, 4) is 11.5 Å². The van der Waals surface area contributed by atoms with E-state index in [4.69, 9.17) is 10.2 Å². The minimum absolute atomic E-state index is 0.220. The van der Waals surface area contributed by atoms with Crippen molar-refractivity contribution in [2.75, 3.05) is 0 Å². The van der Waals surface area contributed by atoms with Crippen LogP contribution in [0.1, 0.15) is 12.0 Å². The second-order valence-corrected chi connectivity index (χ2v) is 2.61. The summed E-state index contributed by atoms with van der Waals surface area (Å²) in [6, 6.07) is 2.53. The summed E-state index contributed by atoms with van der Waals surface area (Å²) in [4.78, 5) is 10.0. The van der Waals surface area contributed by atoms with E-state index in [9.17, 15) is 9.18 Å². The van der Waals surface area contributed by atoms with Crippen LogP contribution in [0.5, 0.6) is 11.5 Å². The van der Waals surface area contributed by atoms with E-state index in [2.05, 4.69) is 0 Å². The fraction of sp³-hybridized carbons (Fsp3) is 0.222. The van der Waals surface area contributed by atoms with Crippen molar-refractivity contribution in [1.82, 2.24) is 0 Å². The summed E-state index contributed by atoms with van der Waals surface area (Å²) in [5, 5.41) is 18.0. The highest BCUT2D eigenvalue weighted by molar-refractivity contribution is 5.51. The summed E-state index contributed by atoms with van der Waals surface area (Å²) < 4.78 is 12.8. The molecule has 0 heterocycles. The zero-order valence-electron chi connectivity index (χ0n) is 6.83. The Balaban J connectivity index is 2.96. The molecule has 0 spiro atoms. The van der Waals surface area contributed by atoms with Crippen molar-refractivity contribution >= 4 is 6.29 Å². The van der Waals surface area contributed by atoms with Crippen LogP contribution in [0.4, 0.5) is 4.39 Å². The van der Waals surface area contributed by atoms with E-state index in [-0.39, 0.29) is 12.8 Å². The molecule has 3 nitrogen and oxygen atoms in total. The van der Waals surface area contributed by atoms with E-state index in [1.165, 1.54) is 6.07 Å². The molecule has 1 aromatic rings. The first-order chi connectivity index (χ1) is 6.16. The number of rotatable bonds is 3. The summed E-state index contributed by atoms with van der Waals surface area (Å²) in [5.74, 6) is -2.21. The molecule has 2 N–H and O–H groups in total. The topological polar surface area (TPSA) is 57.5 Å². The predicted octanol–water partition coefficient (Wildman–Crippen LogP) is 1.37. The molecule has 1 rings (SSSR count). The van der Waals surface area contributed by atoms with Crippen LogP contribution in [-0.4, -0.2) is 16.5 Å². The number of phenols is 2. The molecule has 0 aliphatic heterocycles. The highest BCUT2D eigenvalue weighted by atomic mass is 19.1. The van der Waals surface area contributed by atoms with Crippen LogP contribution in [0.25, 0.3) is 0 Å². The lowest BCUT2D eigenvalue weighted by atomic mass is 10.1. The van der Waals surface area contributed by atoms with Crippen LogP contribution in [0.2, 0.25) is 0 Å². The van der Waals surface area contributed by atoms with Gasteiger partial charge in [-0.1, -0.05) is 6.07 Å². The summed E-state index contributed by atoms with van der Waals surface area (Å²) >= 11 is 0. The first kappa shape index (κ1) is 9.51. The van der Waals surface area contributed by atoms with Gasteiger partial charge in [0.2, 0.25) is 5.82 Å². The average molecular weight is 184 g/mol. The maximum Gasteiger partial charge on any atom is 0.206 e. The van der Waals surface area contributed by atoms with Gasteiger partial charge in [-0.3, -0.25) is 0 Å². The van der Waals surface area contributed by atoms with Crippen LogP contribution in [-0.2, 0) is 11.2 Å². The molecule has 4 heteroatoms. The number of hydrogen-bond acceptors (Lipinski definition) is 3. The number of phenolic OH excluding ortho intramolecular Hbond substituents is 2. The normalized spacial score (nSPS) is 9.92. The lowest BCUT2D eigenvalue weighted by molar-refractivity contribution is -0.107. The van der Waals surface area contributed by atoms with Gasteiger partial charge in [0.25, 0.3) is 0 Å². The smallest absolute Gasteiger partial charge is 0.206 e. The molecule has 1 aromatic carbocycles. The number of aryl methyl sites for hydroxylation is 1. The Kier molecular flexibility index (Phi) is 2.84. The third kappa shape index (κ3) is 1.96. The third-order valence-corrected chi connectivity index (χ3v) is 1.71. The van der Waals surface area contributed by atoms with Crippen molar-refractivity contribution < 1.29 is 19.4 Å². The first-order valence-electron chi connectivity index (χ1n) is 3.79. The summed E-state index contributed by atoms with van der Waals surface area (Å²) in [6.45, 7) is 0. The van der Waals surface area contributed by atoms with Crippen LogP contribution in [0, 0.1) is 5.82 Å². The molecule has 13 heavy (non-hydrogen) atoms. The fourth-order valence-corrected chi connectivity index (χ4v) is 1.01. The summed E-state index contributed by atoms with van der Waals surface area (Å²) in [5.41, 5.74) is 0.322. The van der Waals surface area contributed by atoms with Gasteiger partial charge < -0.3 is 15.0 Å². The fourth-order valence-electron chi connectivity index (χ4n) is 1.01. The van der Waals surface area contributed by atoms with Crippen molar-refractivity contribution in [2.24, 2.45) is 0 Å². The molecule has 0 aromatic heterocycles. The van der Waals surface area contributed by atoms with E-state index < -0.39 is 17.3 Å². The zero-order chi connectivity index (χ0) is 9.84. The minimum atomic E-state index is -1.04. The summed E-state index contributed by atoms with van der Waals surface area (Å²) in [7, 11) is 0. The van der Waals surface area contributed by atoms with Crippen LogP contribution < -0.4 is 0 Å². The van der Waals surface area contributed by atoms with Gasteiger partial charge in [0.05, 0.1) is 0 Å². The highest BCUT2D eigenvalue weighted by Crippen LogP contribution is 2.28. The van der Waals surface area contributed by atoms with Crippen molar-refractivity contribution in [3.63, 3.8) is 0 Å². The molecule has 0 amide bonds. The monoisotopic (exact) mass is 184 g/mol. The van der Waals surface area contributed by atoms with Gasteiger partial charge in [-0.25, -0.2) is 0 Å². The Labute approximate surface area is 74.4 Å². The number of aldehydes is 1. The van der Waals surface area contributed by atoms with Gasteiger partial charge in [-0.05, 0) is 18.1 Å². The van der Waals surface area contributed by atoms with Crippen molar-refractivity contribution in [3.05, 3.63) is 23.5 Å². The molecule has 0 unspecified atom stereocenters. The van der Waals surface area contributed by atoms with E-state index in [1.54, 1.807) is 0 Å². The number of carbonyl (C=O) groups excluding carboxylic acids is 1. The van der Waals surface area contributed by atoms with Crippen molar-refractivity contribution in [1.29, 1.82) is 0 Å². The van der Waals surface area contributed by atoms with Gasteiger partial charge in [-0.2, -0.15) is 4.39 Å². The molecular weight excluding hydrogens is 175 g/mol. The molecule has 0 aliphatic rings. The van der Waals surface area contributed by atoms with Crippen LogP contribution >= 0.6 is 0 Å². The molecule has 0 atom stereocenters. The summed E-state index contributed by atoms with van der Waals surface area (Å²) in [6.07, 6.45) is 1.18. The van der Waals surface area contributed by atoms with Gasteiger partial charge in [0.1, 0.15) is 6.29 Å². The second kappa shape index (κ2) is 3.89. The molecule has 0 saturated heterocycles. The number of carbonyl (C=O) groups is 1. The van der Waals surface area contributed by atoms with Crippen molar-refractivity contribution in [2.45, 2.75) is 12.8 Å². The SMILES string of the molecule is O=CCCc1ccc(O)c(F)c1O. The zero-order valence-corrected chi connectivity index (χ0v) is 6.83. The number of hydrogen-bond donors (Lipinski definition) is 2. The molecular formula is C9H9FO3. The Morgan fingerprint density at radius 3 is 2.69 bits per heavy atom. The van der Waals surface area contributed by atoms with Gasteiger partial charge in [0, 0.05) is 6.42 Å². The first-order valence-corrected chi connectivity index (χ1v) is 3.79. The van der Waals surface area contributed by atoms with Crippen LogP contribution in [0.3, 0.4) is 0 Å². The molecule has 70 valence electrons. The molecule has 0 bridgehead atoms. The quantitative estimate of drug-likeness (QED) is 0.697. The third-order valence-electron chi connectivity index (χ3n) is 1.71. The van der Waals surface area contributed by atoms with Gasteiger partial charge in [-0.15, -0.1) is 0 Å². The van der Waals surface area contributed by atoms with Gasteiger partial charge >= 0.3 is 0 Å². The van der Waals surface area contributed by atoms with E-state index >= 15 is 0 Å². The predicted molar refractivity (Wildman–Crippen MR) is 44.1 cm³/mol. The number of halogens is 1. The van der Waals surface area contributed by atoms with E-state index in [0.29, 0.717) is 11.8 Å². The highest BCUT2D eigenvalue weighted by Gasteiger charge is 2.10. The largest absolute Gasteiger partial charge is 0.505 e. The molecule has 0 aliphatic carbocycles. The lowest BCUT2D eigenvalue weighted by Gasteiger charge is -2.04. The Morgan fingerprint density at radius 1 is 1.38 bits per heavy atom. The maximum atomic E-state index is 12.8. The standard InChI is InChI=1S/C9H9FO3/c10-8-7(12)4-3-6(9(8)13)2-1-5-11/h3-5,12-13H,1-2H2.